The Labute approximate surface area is 76.8 Å². The van der Waals surface area contributed by atoms with E-state index in [1.54, 1.807) is 6.92 Å². The Kier molecular flexibility index (Phi) is 5.66. The number of carbonyl (C=O) groups is 1. The Balaban J connectivity index is 3.58. The summed E-state index contributed by atoms with van der Waals surface area (Å²) in [6, 6.07) is 0. The van der Waals surface area contributed by atoms with Crippen molar-refractivity contribution in [3.63, 3.8) is 0 Å². The molecular weight excluding hydrogens is 170 g/mol. The number of likely N-dealkylation sites (N-methyl/N-ethyl adjacent to an activating group) is 1. The Bertz CT molecular complexity index is 178. The van der Waals surface area contributed by atoms with Crippen LogP contribution in [-0.4, -0.2) is 48.4 Å². The molecule has 0 heterocycles. The van der Waals surface area contributed by atoms with Crippen LogP contribution in [0.4, 0.5) is 0 Å². The summed E-state index contributed by atoms with van der Waals surface area (Å²) in [5, 5.41) is 0. The summed E-state index contributed by atoms with van der Waals surface area (Å²) in [5.74, 6) is -0.188. The number of hydrogen-bond donors (Lipinski definition) is 0. The molecule has 70 valence electrons. The molecule has 0 amide bonds. The van der Waals surface area contributed by atoms with Crippen molar-refractivity contribution in [1.82, 2.24) is 4.90 Å². The topological polar surface area (TPSA) is 29.5 Å². The highest BCUT2D eigenvalue weighted by Crippen LogP contribution is 1.94. The van der Waals surface area contributed by atoms with Crippen molar-refractivity contribution in [3.05, 3.63) is 11.3 Å². The molecule has 0 aliphatic rings. The highest BCUT2D eigenvalue weighted by atomic mass is 28.1. The fourth-order valence-corrected chi connectivity index (χ4v) is 0.788. The van der Waals surface area contributed by atoms with E-state index >= 15 is 0 Å². The van der Waals surface area contributed by atoms with E-state index < -0.39 is 0 Å². The Hall–Kier alpha value is -0.613. The van der Waals surface area contributed by atoms with Crippen LogP contribution >= 0.6 is 0 Å². The number of nitrogens with zero attached hydrogens (tertiary/aromatic N) is 1. The maximum Gasteiger partial charge on any atom is 0.333 e. The molecular formula is C8H17NO2Si. The minimum atomic E-state index is -0.188. The van der Waals surface area contributed by atoms with Crippen LogP contribution in [-0.2, 0) is 9.53 Å². The first kappa shape index (κ1) is 11.4. The summed E-state index contributed by atoms with van der Waals surface area (Å²) in [5.41, 5.74) is 2.61. The van der Waals surface area contributed by atoms with Gasteiger partial charge in [0.1, 0.15) is 6.61 Å². The van der Waals surface area contributed by atoms with Gasteiger partial charge in [-0.05, 0) is 21.0 Å². The third kappa shape index (κ3) is 5.09. The highest BCUT2D eigenvalue weighted by Gasteiger charge is 2.03. The van der Waals surface area contributed by atoms with E-state index in [0.717, 1.165) is 22.4 Å². The second-order valence-electron chi connectivity index (χ2n) is 2.91. The molecule has 3 nitrogen and oxygen atoms in total. The molecule has 12 heavy (non-hydrogen) atoms. The van der Waals surface area contributed by atoms with E-state index in [2.05, 4.69) is 0 Å². The van der Waals surface area contributed by atoms with E-state index in [4.69, 9.17) is 4.74 Å². The molecule has 0 saturated carbocycles. The number of hydrogen-bond acceptors (Lipinski definition) is 3. The molecule has 0 unspecified atom stereocenters. The van der Waals surface area contributed by atoms with Crippen LogP contribution in [0, 0.1) is 0 Å². The molecule has 0 aromatic carbocycles. The van der Waals surface area contributed by atoms with Crippen molar-refractivity contribution in [1.29, 1.82) is 0 Å². The summed E-state index contributed by atoms with van der Waals surface area (Å²) in [6.07, 6.45) is 0. The second-order valence-corrected chi connectivity index (χ2v) is 3.49. The Morgan fingerprint density at radius 3 is 2.58 bits per heavy atom. The van der Waals surface area contributed by atoms with Gasteiger partial charge in [0, 0.05) is 22.4 Å². The fraction of sp³-hybridized carbons (Fsp3) is 0.625. The zero-order valence-corrected chi connectivity index (χ0v) is 10.3. The lowest BCUT2D eigenvalue weighted by atomic mass is 10.4. The van der Waals surface area contributed by atoms with E-state index in [-0.39, 0.29) is 5.97 Å². The van der Waals surface area contributed by atoms with Gasteiger partial charge in [0.2, 0.25) is 0 Å². The van der Waals surface area contributed by atoms with E-state index in [1.807, 2.05) is 24.7 Å². The maximum absolute atomic E-state index is 11.1. The number of rotatable bonds is 4. The van der Waals surface area contributed by atoms with Gasteiger partial charge in [-0.25, -0.2) is 4.79 Å². The largest absolute Gasteiger partial charge is 0.461 e. The summed E-state index contributed by atoms with van der Waals surface area (Å²) in [6.45, 7) is 3.03. The standard InChI is InChI=1S/C8H17NO2Si/c1-7(6-12)8(10)11-5-4-9(2)3/h6H,4-5H2,1-3,12H3. The molecule has 0 aliphatic carbocycles. The van der Waals surface area contributed by atoms with Crippen LogP contribution in [0.3, 0.4) is 0 Å². The van der Waals surface area contributed by atoms with Crippen molar-refractivity contribution < 1.29 is 9.53 Å². The van der Waals surface area contributed by atoms with Gasteiger partial charge in [-0.15, -0.1) is 0 Å². The summed E-state index contributed by atoms with van der Waals surface area (Å²) in [4.78, 5) is 13.0. The van der Waals surface area contributed by atoms with Crippen molar-refractivity contribution >= 4 is 16.2 Å². The monoisotopic (exact) mass is 187 g/mol. The van der Waals surface area contributed by atoms with Gasteiger partial charge >= 0.3 is 5.97 Å². The van der Waals surface area contributed by atoms with Crippen LogP contribution < -0.4 is 0 Å². The lowest BCUT2D eigenvalue weighted by molar-refractivity contribution is -0.139. The van der Waals surface area contributed by atoms with Crippen molar-refractivity contribution in [2.45, 2.75) is 6.92 Å². The lowest BCUT2D eigenvalue weighted by Crippen LogP contribution is -2.20. The number of esters is 1. The van der Waals surface area contributed by atoms with Gasteiger partial charge in [-0.2, -0.15) is 0 Å². The molecule has 0 saturated heterocycles. The number of carbonyl (C=O) groups excluding carboxylic acids is 1. The van der Waals surface area contributed by atoms with Crippen LogP contribution in [0.15, 0.2) is 11.3 Å². The van der Waals surface area contributed by atoms with Crippen molar-refractivity contribution in [3.8, 4) is 0 Å². The minimum Gasteiger partial charge on any atom is -0.461 e. The second kappa shape index (κ2) is 5.96. The fourth-order valence-electron chi connectivity index (χ4n) is 0.553. The molecule has 0 bridgehead atoms. The molecule has 4 heteroatoms. The summed E-state index contributed by atoms with van der Waals surface area (Å²) < 4.78 is 4.98. The van der Waals surface area contributed by atoms with Crippen LogP contribution in [0.2, 0.25) is 0 Å². The smallest absolute Gasteiger partial charge is 0.333 e. The average Bonchev–Trinajstić information content (AvgIpc) is 2.02. The lowest BCUT2D eigenvalue weighted by Gasteiger charge is -2.09. The molecule has 0 atom stereocenters. The van der Waals surface area contributed by atoms with E-state index in [0.29, 0.717) is 6.61 Å². The van der Waals surface area contributed by atoms with Crippen LogP contribution in [0.5, 0.6) is 0 Å². The third-order valence-electron chi connectivity index (χ3n) is 1.53. The van der Waals surface area contributed by atoms with Crippen molar-refractivity contribution in [2.24, 2.45) is 0 Å². The highest BCUT2D eigenvalue weighted by molar-refractivity contribution is 6.19. The Morgan fingerprint density at radius 2 is 2.17 bits per heavy atom. The SMILES string of the molecule is CC(=C[SiH3])C(=O)OCCN(C)C. The molecule has 0 N–H and O–H groups in total. The zero-order valence-electron chi connectivity index (χ0n) is 8.26. The van der Waals surface area contributed by atoms with Gasteiger partial charge in [0.25, 0.3) is 0 Å². The van der Waals surface area contributed by atoms with Crippen LogP contribution in [0.1, 0.15) is 6.92 Å². The molecule has 0 radical (unpaired) electrons. The normalized spacial score (nSPS) is 12.2. The van der Waals surface area contributed by atoms with Crippen molar-refractivity contribution in [2.75, 3.05) is 27.2 Å². The first-order chi connectivity index (χ1) is 5.57. The quantitative estimate of drug-likeness (QED) is 0.333. The molecule has 0 aromatic rings. The van der Waals surface area contributed by atoms with Gasteiger partial charge in [0.05, 0.1) is 0 Å². The Morgan fingerprint density at radius 1 is 1.58 bits per heavy atom. The first-order valence-corrected chi connectivity index (χ1v) is 5.18. The first-order valence-electron chi connectivity index (χ1n) is 4.02. The third-order valence-corrected chi connectivity index (χ3v) is 2.39. The average molecular weight is 187 g/mol. The number of ether oxygens (including phenoxy) is 1. The molecule has 0 spiro atoms. The van der Waals surface area contributed by atoms with E-state index in [1.165, 1.54) is 0 Å². The molecule has 0 aromatic heterocycles. The predicted octanol–water partition coefficient (Wildman–Crippen LogP) is -0.640. The van der Waals surface area contributed by atoms with Gasteiger partial charge in [-0.1, -0.05) is 5.70 Å². The van der Waals surface area contributed by atoms with Crippen LogP contribution in [0.25, 0.3) is 0 Å². The molecule has 0 aliphatic heterocycles. The maximum atomic E-state index is 11.1. The molecule has 0 fully saturated rings. The van der Waals surface area contributed by atoms with Gasteiger partial charge in [-0.3, -0.25) is 0 Å². The molecule has 0 rings (SSSR count). The van der Waals surface area contributed by atoms with E-state index in [9.17, 15) is 4.79 Å². The predicted molar refractivity (Wildman–Crippen MR) is 53.2 cm³/mol. The van der Waals surface area contributed by atoms with Gasteiger partial charge < -0.3 is 9.64 Å². The summed E-state index contributed by atoms with van der Waals surface area (Å²) in [7, 11) is 4.80. The minimum absolute atomic E-state index is 0.188. The zero-order chi connectivity index (χ0) is 9.56. The van der Waals surface area contributed by atoms with Gasteiger partial charge in [0.15, 0.2) is 0 Å². The summed E-state index contributed by atoms with van der Waals surface area (Å²) >= 11 is 0.